The van der Waals surface area contributed by atoms with Crippen LogP contribution in [0.3, 0.4) is 0 Å². The van der Waals surface area contributed by atoms with Crippen LogP contribution in [0.4, 0.5) is 5.69 Å². The summed E-state index contributed by atoms with van der Waals surface area (Å²) in [6, 6.07) is -0.485. The molecule has 1 aromatic heterocycles. The van der Waals surface area contributed by atoms with Gasteiger partial charge in [-0.1, -0.05) is 20.3 Å². The summed E-state index contributed by atoms with van der Waals surface area (Å²) in [5, 5.41) is 7.05. The smallest absolute Gasteiger partial charge is 0.241 e. The second kappa shape index (κ2) is 6.85. The van der Waals surface area contributed by atoms with Crippen molar-refractivity contribution < 1.29 is 9.53 Å². The van der Waals surface area contributed by atoms with Crippen molar-refractivity contribution >= 4 is 11.6 Å². The normalized spacial score (nSPS) is 21.6. The Morgan fingerprint density at radius 2 is 2.50 bits per heavy atom. The lowest BCUT2D eigenvalue weighted by Crippen LogP contribution is -2.40. The Bertz CT molecular complexity index is 440. The van der Waals surface area contributed by atoms with Crippen LogP contribution in [-0.4, -0.2) is 34.4 Å². The van der Waals surface area contributed by atoms with Gasteiger partial charge >= 0.3 is 0 Å². The molecule has 0 aromatic carbocycles. The number of hydrogen-bond donors (Lipinski definition) is 2. The molecule has 20 heavy (non-hydrogen) atoms. The molecule has 0 bridgehead atoms. The van der Waals surface area contributed by atoms with Crippen LogP contribution in [-0.2, 0) is 16.1 Å². The standard InChI is InChI=1S/C14H24N4O2/c1-3-10(2)13(15)14(19)17-11-7-16-18(8-11)9-12-5-4-6-20-12/h7-8,10,12-13H,3-6,9,15H2,1-2H3,(H,17,19). The minimum absolute atomic E-state index is 0.156. The highest BCUT2D eigenvalue weighted by Gasteiger charge is 2.20. The molecule has 112 valence electrons. The zero-order chi connectivity index (χ0) is 14.5. The third kappa shape index (κ3) is 3.80. The van der Waals surface area contributed by atoms with Crippen LogP contribution in [0.2, 0.25) is 0 Å². The summed E-state index contributed by atoms with van der Waals surface area (Å²) in [7, 11) is 0. The van der Waals surface area contributed by atoms with E-state index in [4.69, 9.17) is 10.5 Å². The van der Waals surface area contributed by atoms with Crippen LogP contribution >= 0.6 is 0 Å². The minimum atomic E-state index is -0.485. The maximum absolute atomic E-state index is 12.0. The average Bonchev–Trinajstić information content (AvgIpc) is 3.09. The summed E-state index contributed by atoms with van der Waals surface area (Å²) in [6.07, 6.45) is 6.77. The van der Waals surface area contributed by atoms with E-state index in [1.165, 1.54) is 0 Å². The molecule has 3 unspecified atom stereocenters. The third-order valence-corrected chi connectivity index (χ3v) is 3.88. The molecule has 2 heterocycles. The van der Waals surface area contributed by atoms with E-state index < -0.39 is 6.04 Å². The molecule has 6 nitrogen and oxygen atoms in total. The number of carbonyl (C=O) groups is 1. The fraction of sp³-hybridized carbons (Fsp3) is 0.714. The van der Waals surface area contributed by atoms with Gasteiger partial charge in [-0.05, 0) is 18.8 Å². The average molecular weight is 280 g/mol. The second-order valence-electron chi connectivity index (χ2n) is 5.49. The van der Waals surface area contributed by atoms with Crippen molar-refractivity contribution in [1.82, 2.24) is 9.78 Å². The van der Waals surface area contributed by atoms with Crippen LogP contribution in [0, 0.1) is 5.92 Å². The van der Waals surface area contributed by atoms with Crippen molar-refractivity contribution in [2.75, 3.05) is 11.9 Å². The van der Waals surface area contributed by atoms with Crippen molar-refractivity contribution in [2.24, 2.45) is 11.7 Å². The first-order valence-electron chi connectivity index (χ1n) is 7.30. The van der Waals surface area contributed by atoms with Gasteiger partial charge in [-0.25, -0.2) is 0 Å². The van der Waals surface area contributed by atoms with Crippen LogP contribution in [0.5, 0.6) is 0 Å². The summed E-state index contributed by atoms with van der Waals surface area (Å²) in [4.78, 5) is 12.0. The van der Waals surface area contributed by atoms with Gasteiger partial charge in [0.25, 0.3) is 0 Å². The number of amides is 1. The molecule has 1 aromatic rings. The third-order valence-electron chi connectivity index (χ3n) is 3.88. The second-order valence-corrected chi connectivity index (χ2v) is 5.49. The molecule has 0 spiro atoms. The Hall–Kier alpha value is -1.40. The van der Waals surface area contributed by atoms with Crippen LogP contribution < -0.4 is 11.1 Å². The van der Waals surface area contributed by atoms with E-state index in [0.29, 0.717) is 5.69 Å². The number of hydrogen-bond acceptors (Lipinski definition) is 4. The summed E-state index contributed by atoms with van der Waals surface area (Å²) in [6.45, 7) is 5.56. The van der Waals surface area contributed by atoms with Gasteiger partial charge in [0.15, 0.2) is 0 Å². The fourth-order valence-electron chi connectivity index (χ4n) is 2.26. The quantitative estimate of drug-likeness (QED) is 0.824. The Morgan fingerprint density at radius 1 is 1.70 bits per heavy atom. The molecular weight excluding hydrogens is 256 g/mol. The highest BCUT2D eigenvalue weighted by atomic mass is 16.5. The van der Waals surface area contributed by atoms with Crippen LogP contribution in [0.1, 0.15) is 33.1 Å². The van der Waals surface area contributed by atoms with Crippen molar-refractivity contribution in [2.45, 2.75) is 51.8 Å². The number of nitrogens with zero attached hydrogens (tertiary/aromatic N) is 2. The first-order chi connectivity index (χ1) is 9.60. The van der Waals surface area contributed by atoms with Crippen molar-refractivity contribution in [1.29, 1.82) is 0 Å². The van der Waals surface area contributed by atoms with Crippen LogP contribution in [0.25, 0.3) is 0 Å². The summed E-state index contributed by atoms with van der Waals surface area (Å²) >= 11 is 0. The SMILES string of the molecule is CCC(C)C(N)C(=O)Nc1cnn(CC2CCCO2)c1. The number of nitrogens with two attached hydrogens (primary N) is 1. The molecule has 6 heteroatoms. The van der Waals surface area contributed by atoms with Gasteiger partial charge in [0.1, 0.15) is 0 Å². The largest absolute Gasteiger partial charge is 0.376 e. The van der Waals surface area contributed by atoms with E-state index in [1.54, 1.807) is 10.9 Å². The molecule has 0 saturated carbocycles. The molecular formula is C14H24N4O2. The number of nitrogens with one attached hydrogen (secondary N) is 1. The molecule has 0 aliphatic carbocycles. The lowest BCUT2D eigenvalue weighted by molar-refractivity contribution is -0.118. The molecule has 3 N–H and O–H groups in total. The van der Waals surface area contributed by atoms with Crippen molar-refractivity contribution in [3.05, 3.63) is 12.4 Å². The number of ether oxygens (including phenoxy) is 1. The Balaban J connectivity index is 1.87. The lowest BCUT2D eigenvalue weighted by Gasteiger charge is -2.16. The number of anilines is 1. The van der Waals surface area contributed by atoms with Gasteiger partial charge in [0, 0.05) is 12.8 Å². The highest BCUT2D eigenvalue weighted by Crippen LogP contribution is 2.15. The number of carbonyl (C=O) groups excluding carboxylic acids is 1. The molecule has 0 radical (unpaired) electrons. The summed E-state index contributed by atoms with van der Waals surface area (Å²) < 4.78 is 7.37. The lowest BCUT2D eigenvalue weighted by atomic mass is 9.99. The van der Waals surface area contributed by atoms with E-state index in [-0.39, 0.29) is 17.9 Å². The Kier molecular flexibility index (Phi) is 5.14. The van der Waals surface area contributed by atoms with E-state index >= 15 is 0 Å². The predicted octanol–water partition coefficient (Wildman–Crippen LogP) is 1.37. The zero-order valence-corrected chi connectivity index (χ0v) is 12.2. The summed E-state index contributed by atoms with van der Waals surface area (Å²) in [5.74, 6) is 0.00736. The number of aromatic nitrogens is 2. The highest BCUT2D eigenvalue weighted by molar-refractivity contribution is 5.94. The molecule has 2 rings (SSSR count). The van der Waals surface area contributed by atoms with Crippen LogP contribution in [0.15, 0.2) is 12.4 Å². The van der Waals surface area contributed by atoms with Gasteiger partial charge in [0.05, 0.1) is 30.6 Å². The van der Waals surface area contributed by atoms with E-state index in [9.17, 15) is 4.79 Å². The number of rotatable bonds is 6. The van der Waals surface area contributed by atoms with Gasteiger partial charge in [0.2, 0.25) is 5.91 Å². The monoisotopic (exact) mass is 280 g/mol. The maximum Gasteiger partial charge on any atom is 0.241 e. The molecule has 3 atom stereocenters. The molecule has 1 aliphatic rings. The summed E-state index contributed by atoms with van der Waals surface area (Å²) in [5.41, 5.74) is 6.59. The van der Waals surface area contributed by atoms with E-state index in [2.05, 4.69) is 10.4 Å². The predicted molar refractivity (Wildman–Crippen MR) is 77.3 cm³/mol. The molecule has 1 fully saturated rings. The molecule has 1 aliphatic heterocycles. The first kappa shape index (κ1) is 15.0. The minimum Gasteiger partial charge on any atom is -0.376 e. The molecule has 1 saturated heterocycles. The molecule has 1 amide bonds. The van der Waals surface area contributed by atoms with E-state index in [1.807, 2.05) is 20.0 Å². The fourth-order valence-corrected chi connectivity index (χ4v) is 2.26. The zero-order valence-electron chi connectivity index (χ0n) is 12.2. The van der Waals surface area contributed by atoms with Gasteiger partial charge in [-0.2, -0.15) is 5.10 Å². The topological polar surface area (TPSA) is 82.2 Å². The Morgan fingerprint density at radius 3 is 3.15 bits per heavy atom. The van der Waals surface area contributed by atoms with Crippen molar-refractivity contribution in [3.63, 3.8) is 0 Å². The van der Waals surface area contributed by atoms with Crippen molar-refractivity contribution in [3.8, 4) is 0 Å². The Labute approximate surface area is 119 Å². The maximum atomic E-state index is 12.0. The van der Waals surface area contributed by atoms with Gasteiger partial charge in [-0.15, -0.1) is 0 Å². The van der Waals surface area contributed by atoms with E-state index in [0.717, 1.165) is 32.4 Å². The van der Waals surface area contributed by atoms with Gasteiger partial charge < -0.3 is 15.8 Å². The van der Waals surface area contributed by atoms with Gasteiger partial charge in [-0.3, -0.25) is 9.48 Å². The first-order valence-corrected chi connectivity index (χ1v) is 7.30.